The van der Waals surface area contributed by atoms with E-state index >= 15 is 0 Å². The highest BCUT2D eigenvalue weighted by Crippen LogP contribution is 2.30. The number of carbonyl (C=O) groups is 1. The molecule has 0 spiro atoms. The zero-order valence-electron chi connectivity index (χ0n) is 13.5. The fourth-order valence-electron chi connectivity index (χ4n) is 3.10. The van der Waals surface area contributed by atoms with Gasteiger partial charge in [0.25, 0.3) is 0 Å². The SMILES string of the molecule is CCOC(=O)C1Cc2ccccc2CN1Cc1cccc(Cl)c1Cl. The summed E-state index contributed by atoms with van der Waals surface area (Å²) in [5, 5.41) is 1.07. The van der Waals surface area contributed by atoms with E-state index in [4.69, 9.17) is 27.9 Å². The number of benzene rings is 2. The number of nitrogens with zero attached hydrogens (tertiary/aromatic N) is 1. The molecule has 126 valence electrons. The number of halogens is 2. The van der Waals surface area contributed by atoms with Crippen molar-refractivity contribution in [2.45, 2.75) is 32.5 Å². The summed E-state index contributed by atoms with van der Waals surface area (Å²) in [6, 6.07) is 13.5. The second-order valence-corrected chi connectivity index (χ2v) is 6.64. The lowest BCUT2D eigenvalue weighted by atomic mass is 9.93. The monoisotopic (exact) mass is 363 g/mol. The van der Waals surface area contributed by atoms with Crippen molar-refractivity contribution in [3.63, 3.8) is 0 Å². The van der Waals surface area contributed by atoms with Crippen LogP contribution in [0.2, 0.25) is 10.0 Å². The van der Waals surface area contributed by atoms with Crippen molar-refractivity contribution in [2.24, 2.45) is 0 Å². The van der Waals surface area contributed by atoms with Crippen LogP contribution in [0.25, 0.3) is 0 Å². The van der Waals surface area contributed by atoms with Crippen molar-refractivity contribution >= 4 is 29.2 Å². The molecule has 5 heteroatoms. The van der Waals surface area contributed by atoms with Gasteiger partial charge in [-0.2, -0.15) is 0 Å². The lowest BCUT2D eigenvalue weighted by Crippen LogP contribution is -2.45. The number of fused-ring (bicyclic) bond motifs is 1. The van der Waals surface area contributed by atoms with Gasteiger partial charge in [-0.15, -0.1) is 0 Å². The van der Waals surface area contributed by atoms with Crippen molar-refractivity contribution in [2.75, 3.05) is 6.61 Å². The molecule has 3 nitrogen and oxygen atoms in total. The van der Waals surface area contributed by atoms with E-state index in [1.807, 2.05) is 31.2 Å². The molecule has 1 heterocycles. The van der Waals surface area contributed by atoms with Gasteiger partial charge in [0.15, 0.2) is 0 Å². The second-order valence-electron chi connectivity index (χ2n) is 5.86. The Morgan fingerprint density at radius 1 is 1.17 bits per heavy atom. The molecular formula is C19H19Cl2NO2. The first-order chi connectivity index (χ1) is 11.6. The fourth-order valence-corrected chi connectivity index (χ4v) is 3.48. The molecule has 2 aromatic rings. The zero-order chi connectivity index (χ0) is 17.1. The molecule has 1 unspecified atom stereocenters. The summed E-state index contributed by atoms with van der Waals surface area (Å²) in [5.74, 6) is -0.190. The molecule has 1 aliphatic heterocycles. The van der Waals surface area contributed by atoms with E-state index in [-0.39, 0.29) is 12.0 Å². The van der Waals surface area contributed by atoms with Gasteiger partial charge in [0.05, 0.1) is 16.7 Å². The lowest BCUT2D eigenvalue weighted by molar-refractivity contribution is -0.150. The van der Waals surface area contributed by atoms with Crippen LogP contribution in [0.4, 0.5) is 0 Å². The van der Waals surface area contributed by atoms with Gasteiger partial charge in [0, 0.05) is 13.1 Å². The fraction of sp³-hybridized carbons (Fsp3) is 0.316. The zero-order valence-corrected chi connectivity index (χ0v) is 15.0. The molecular weight excluding hydrogens is 345 g/mol. The highest BCUT2D eigenvalue weighted by atomic mass is 35.5. The minimum Gasteiger partial charge on any atom is -0.465 e. The quantitative estimate of drug-likeness (QED) is 0.749. The van der Waals surface area contributed by atoms with E-state index in [9.17, 15) is 4.79 Å². The number of esters is 1. The first kappa shape index (κ1) is 17.3. The molecule has 0 fully saturated rings. The highest BCUT2D eigenvalue weighted by Gasteiger charge is 2.32. The molecule has 24 heavy (non-hydrogen) atoms. The standard InChI is InChI=1S/C19H19Cl2NO2/c1-2-24-19(23)17-10-13-6-3-4-7-14(13)11-22(17)12-15-8-5-9-16(20)18(15)21/h3-9,17H,2,10-12H2,1H3. The Morgan fingerprint density at radius 3 is 2.67 bits per heavy atom. The average Bonchev–Trinajstić information content (AvgIpc) is 2.58. The maximum atomic E-state index is 12.4. The van der Waals surface area contributed by atoms with Crippen molar-refractivity contribution < 1.29 is 9.53 Å². The van der Waals surface area contributed by atoms with E-state index < -0.39 is 0 Å². The van der Waals surface area contributed by atoms with Crippen LogP contribution in [0.3, 0.4) is 0 Å². The Morgan fingerprint density at radius 2 is 1.92 bits per heavy atom. The Balaban J connectivity index is 1.90. The molecule has 0 aromatic heterocycles. The first-order valence-electron chi connectivity index (χ1n) is 8.00. The molecule has 0 N–H and O–H groups in total. The molecule has 0 aliphatic carbocycles. The number of rotatable bonds is 4. The number of ether oxygens (including phenoxy) is 1. The van der Waals surface area contributed by atoms with Gasteiger partial charge in [-0.1, -0.05) is 59.6 Å². The molecule has 3 rings (SSSR count). The van der Waals surface area contributed by atoms with Gasteiger partial charge in [0.1, 0.15) is 6.04 Å². The number of hydrogen-bond donors (Lipinski definition) is 0. The minimum absolute atomic E-state index is 0.190. The third kappa shape index (κ3) is 3.59. The topological polar surface area (TPSA) is 29.5 Å². The van der Waals surface area contributed by atoms with Crippen molar-refractivity contribution in [1.82, 2.24) is 4.90 Å². The van der Waals surface area contributed by atoms with Gasteiger partial charge in [-0.3, -0.25) is 9.69 Å². The van der Waals surface area contributed by atoms with E-state index in [0.29, 0.717) is 36.2 Å². The summed E-state index contributed by atoms with van der Waals surface area (Å²) in [6.07, 6.45) is 0.646. The highest BCUT2D eigenvalue weighted by molar-refractivity contribution is 6.42. The third-order valence-corrected chi connectivity index (χ3v) is 5.17. The smallest absolute Gasteiger partial charge is 0.323 e. The van der Waals surface area contributed by atoms with Gasteiger partial charge in [0.2, 0.25) is 0 Å². The van der Waals surface area contributed by atoms with E-state index in [2.05, 4.69) is 17.0 Å². The van der Waals surface area contributed by atoms with Crippen LogP contribution >= 0.6 is 23.2 Å². The Bertz CT molecular complexity index is 748. The van der Waals surface area contributed by atoms with Crippen LogP contribution in [0.5, 0.6) is 0 Å². The third-order valence-electron chi connectivity index (χ3n) is 4.31. The van der Waals surface area contributed by atoms with E-state index in [0.717, 1.165) is 5.56 Å². The van der Waals surface area contributed by atoms with Crippen molar-refractivity contribution in [3.8, 4) is 0 Å². The molecule has 0 amide bonds. The van der Waals surface area contributed by atoms with Crippen LogP contribution in [-0.2, 0) is 29.0 Å². The Labute approximate surface area is 152 Å². The second kappa shape index (κ2) is 7.56. The molecule has 1 atom stereocenters. The van der Waals surface area contributed by atoms with E-state index in [1.54, 1.807) is 6.07 Å². The lowest BCUT2D eigenvalue weighted by Gasteiger charge is -2.35. The van der Waals surface area contributed by atoms with Crippen LogP contribution in [0, 0.1) is 0 Å². The summed E-state index contributed by atoms with van der Waals surface area (Å²) in [7, 11) is 0. The molecule has 1 aliphatic rings. The van der Waals surface area contributed by atoms with Gasteiger partial charge in [-0.25, -0.2) is 0 Å². The summed E-state index contributed by atoms with van der Waals surface area (Å²) in [4.78, 5) is 14.5. The summed E-state index contributed by atoms with van der Waals surface area (Å²) >= 11 is 12.4. The minimum atomic E-state index is -0.310. The first-order valence-corrected chi connectivity index (χ1v) is 8.76. The molecule has 0 bridgehead atoms. The Kier molecular flexibility index (Phi) is 5.44. The maximum absolute atomic E-state index is 12.4. The molecule has 0 radical (unpaired) electrons. The molecule has 0 saturated carbocycles. The average molecular weight is 364 g/mol. The van der Waals surface area contributed by atoms with Crippen molar-refractivity contribution in [3.05, 3.63) is 69.2 Å². The van der Waals surface area contributed by atoms with Gasteiger partial charge >= 0.3 is 5.97 Å². The normalized spacial score (nSPS) is 17.4. The van der Waals surface area contributed by atoms with Crippen LogP contribution in [0.15, 0.2) is 42.5 Å². The van der Waals surface area contributed by atoms with Crippen LogP contribution in [-0.4, -0.2) is 23.5 Å². The summed E-state index contributed by atoms with van der Waals surface area (Å²) < 4.78 is 5.28. The Hall–Kier alpha value is -1.55. The summed E-state index contributed by atoms with van der Waals surface area (Å²) in [5.41, 5.74) is 3.35. The van der Waals surface area contributed by atoms with Gasteiger partial charge < -0.3 is 4.74 Å². The number of carbonyl (C=O) groups excluding carboxylic acids is 1. The van der Waals surface area contributed by atoms with Gasteiger partial charge in [-0.05, 0) is 36.1 Å². The number of hydrogen-bond acceptors (Lipinski definition) is 3. The van der Waals surface area contributed by atoms with E-state index in [1.165, 1.54) is 11.1 Å². The molecule has 2 aromatic carbocycles. The van der Waals surface area contributed by atoms with Crippen LogP contribution in [0.1, 0.15) is 23.6 Å². The summed E-state index contributed by atoms with van der Waals surface area (Å²) in [6.45, 7) is 3.44. The predicted molar refractivity (Wildman–Crippen MR) is 96.3 cm³/mol. The van der Waals surface area contributed by atoms with Crippen LogP contribution < -0.4 is 0 Å². The predicted octanol–water partition coefficient (Wildman–Crippen LogP) is 4.48. The maximum Gasteiger partial charge on any atom is 0.323 e. The molecule has 0 saturated heterocycles. The van der Waals surface area contributed by atoms with Crippen molar-refractivity contribution in [1.29, 1.82) is 0 Å². The largest absolute Gasteiger partial charge is 0.465 e.